The fraction of sp³-hybridized carbons (Fsp3) is 0.227. The summed E-state index contributed by atoms with van der Waals surface area (Å²) in [7, 11) is 0. The smallest absolute Gasteiger partial charge is 0.159 e. The SMILES string of the molecule is CC(=O)c1ccc(Nc2cc(NCCCc3ccccc3)nc(C)n2)cc1. The molecular weight excluding hydrogens is 336 g/mol. The highest BCUT2D eigenvalue weighted by atomic mass is 16.1. The molecule has 0 radical (unpaired) electrons. The van der Waals surface area contributed by atoms with Gasteiger partial charge in [0.15, 0.2) is 5.78 Å². The Morgan fingerprint density at radius 2 is 1.67 bits per heavy atom. The van der Waals surface area contributed by atoms with Crippen LogP contribution in [0.15, 0.2) is 60.7 Å². The first kappa shape index (κ1) is 18.6. The maximum atomic E-state index is 11.4. The number of rotatable bonds is 8. The van der Waals surface area contributed by atoms with E-state index in [9.17, 15) is 4.79 Å². The average molecular weight is 360 g/mol. The van der Waals surface area contributed by atoms with Crippen molar-refractivity contribution >= 4 is 23.1 Å². The molecular formula is C22H24N4O. The molecule has 27 heavy (non-hydrogen) atoms. The fourth-order valence-electron chi connectivity index (χ4n) is 2.81. The van der Waals surface area contributed by atoms with E-state index in [4.69, 9.17) is 0 Å². The number of hydrogen-bond donors (Lipinski definition) is 2. The molecule has 0 spiro atoms. The normalized spacial score (nSPS) is 10.4. The second kappa shape index (κ2) is 8.94. The van der Waals surface area contributed by atoms with E-state index in [1.807, 2.05) is 43.3 Å². The number of ketones is 1. The van der Waals surface area contributed by atoms with Gasteiger partial charge >= 0.3 is 0 Å². The summed E-state index contributed by atoms with van der Waals surface area (Å²) in [4.78, 5) is 20.3. The number of Topliss-reactive ketones (excluding diaryl/α,β-unsaturated/α-hetero) is 1. The number of carbonyl (C=O) groups is 1. The van der Waals surface area contributed by atoms with E-state index in [2.05, 4.69) is 44.9 Å². The lowest BCUT2D eigenvalue weighted by Gasteiger charge is -2.10. The topological polar surface area (TPSA) is 66.9 Å². The first-order valence-electron chi connectivity index (χ1n) is 9.12. The predicted molar refractivity (Wildman–Crippen MR) is 110 cm³/mol. The van der Waals surface area contributed by atoms with Crippen molar-refractivity contribution in [1.82, 2.24) is 9.97 Å². The largest absolute Gasteiger partial charge is 0.370 e. The number of nitrogens with one attached hydrogen (secondary N) is 2. The van der Waals surface area contributed by atoms with Crippen LogP contribution in [0, 0.1) is 6.92 Å². The van der Waals surface area contributed by atoms with Crippen molar-refractivity contribution in [2.75, 3.05) is 17.2 Å². The van der Waals surface area contributed by atoms with Gasteiger partial charge in [-0.15, -0.1) is 0 Å². The van der Waals surface area contributed by atoms with E-state index in [1.54, 1.807) is 6.92 Å². The summed E-state index contributed by atoms with van der Waals surface area (Å²) in [5.41, 5.74) is 2.92. The Bertz CT molecular complexity index is 892. The Morgan fingerprint density at radius 1 is 0.963 bits per heavy atom. The molecule has 5 nitrogen and oxygen atoms in total. The summed E-state index contributed by atoms with van der Waals surface area (Å²) in [5.74, 6) is 2.29. The summed E-state index contributed by atoms with van der Waals surface area (Å²) >= 11 is 0. The molecule has 3 rings (SSSR count). The second-order valence-corrected chi connectivity index (χ2v) is 6.46. The minimum Gasteiger partial charge on any atom is -0.370 e. The maximum absolute atomic E-state index is 11.4. The molecule has 138 valence electrons. The van der Waals surface area contributed by atoms with Crippen LogP contribution in [0.1, 0.15) is 35.1 Å². The van der Waals surface area contributed by atoms with Gasteiger partial charge in [-0.2, -0.15) is 0 Å². The van der Waals surface area contributed by atoms with Gasteiger partial charge in [-0.3, -0.25) is 4.79 Å². The molecule has 0 atom stereocenters. The van der Waals surface area contributed by atoms with Gasteiger partial charge in [0.05, 0.1) is 0 Å². The molecule has 0 aliphatic rings. The van der Waals surface area contributed by atoms with Crippen molar-refractivity contribution in [3.63, 3.8) is 0 Å². The van der Waals surface area contributed by atoms with Crippen LogP contribution in [0.25, 0.3) is 0 Å². The lowest BCUT2D eigenvalue weighted by molar-refractivity contribution is 0.101. The van der Waals surface area contributed by atoms with Crippen molar-refractivity contribution in [1.29, 1.82) is 0 Å². The molecule has 0 aliphatic carbocycles. The zero-order valence-corrected chi connectivity index (χ0v) is 15.7. The molecule has 0 bridgehead atoms. The molecule has 0 aliphatic heterocycles. The molecule has 3 aromatic rings. The first-order chi connectivity index (χ1) is 13.1. The molecule has 1 heterocycles. The number of carbonyl (C=O) groups excluding carboxylic acids is 1. The van der Waals surface area contributed by atoms with Crippen LogP contribution >= 0.6 is 0 Å². The lowest BCUT2D eigenvalue weighted by atomic mass is 10.1. The Morgan fingerprint density at radius 3 is 2.37 bits per heavy atom. The molecule has 0 saturated heterocycles. The van der Waals surface area contributed by atoms with Crippen LogP contribution in [-0.2, 0) is 6.42 Å². The van der Waals surface area contributed by atoms with E-state index >= 15 is 0 Å². The summed E-state index contributed by atoms with van der Waals surface area (Å²) in [5, 5.41) is 6.64. The zero-order chi connectivity index (χ0) is 19.1. The van der Waals surface area contributed by atoms with Gasteiger partial charge in [-0.25, -0.2) is 9.97 Å². The monoisotopic (exact) mass is 360 g/mol. The van der Waals surface area contributed by atoms with Crippen LogP contribution in [0.5, 0.6) is 0 Å². The van der Waals surface area contributed by atoms with Crippen LogP contribution in [0.3, 0.4) is 0 Å². The van der Waals surface area contributed by atoms with Crippen molar-refractivity contribution < 1.29 is 4.79 Å². The third kappa shape index (κ3) is 5.64. The molecule has 5 heteroatoms. The number of benzene rings is 2. The number of aryl methyl sites for hydroxylation is 2. The van der Waals surface area contributed by atoms with Gasteiger partial charge < -0.3 is 10.6 Å². The number of nitrogens with zero attached hydrogens (tertiary/aromatic N) is 2. The van der Waals surface area contributed by atoms with Crippen LogP contribution in [-0.4, -0.2) is 22.3 Å². The highest BCUT2D eigenvalue weighted by Gasteiger charge is 2.04. The van der Waals surface area contributed by atoms with E-state index < -0.39 is 0 Å². The minimum atomic E-state index is 0.0569. The summed E-state index contributed by atoms with van der Waals surface area (Å²) < 4.78 is 0. The van der Waals surface area contributed by atoms with Crippen molar-refractivity contribution in [2.24, 2.45) is 0 Å². The zero-order valence-electron chi connectivity index (χ0n) is 15.7. The van der Waals surface area contributed by atoms with E-state index in [-0.39, 0.29) is 5.78 Å². The molecule has 1 aromatic heterocycles. The average Bonchev–Trinajstić information content (AvgIpc) is 2.66. The Balaban J connectivity index is 1.57. The summed E-state index contributed by atoms with van der Waals surface area (Å²) in [6.45, 7) is 4.28. The molecule has 0 saturated carbocycles. The first-order valence-corrected chi connectivity index (χ1v) is 9.12. The van der Waals surface area contributed by atoms with Gasteiger partial charge in [0.25, 0.3) is 0 Å². The van der Waals surface area contributed by atoms with Crippen molar-refractivity contribution in [3.8, 4) is 0 Å². The van der Waals surface area contributed by atoms with Gasteiger partial charge in [0.2, 0.25) is 0 Å². The minimum absolute atomic E-state index is 0.0569. The lowest BCUT2D eigenvalue weighted by Crippen LogP contribution is -2.07. The predicted octanol–water partition coefficient (Wildman–Crippen LogP) is 4.78. The number of anilines is 3. The second-order valence-electron chi connectivity index (χ2n) is 6.46. The van der Waals surface area contributed by atoms with Gasteiger partial charge in [-0.05, 0) is 56.5 Å². The summed E-state index contributed by atoms with van der Waals surface area (Å²) in [6, 6.07) is 19.7. The Hall–Kier alpha value is -3.21. The molecule has 0 unspecified atom stereocenters. The Kier molecular flexibility index (Phi) is 6.15. The van der Waals surface area contributed by atoms with Gasteiger partial charge in [0.1, 0.15) is 17.5 Å². The van der Waals surface area contributed by atoms with Crippen LogP contribution in [0.2, 0.25) is 0 Å². The quantitative estimate of drug-likeness (QED) is 0.447. The van der Waals surface area contributed by atoms with Gasteiger partial charge in [0, 0.05) is 23.9 Å². The van der Waals surface area contributed by atoms with Gasteiger partial charge in [-0.1, -0.05) is 30.3 Å². The maximum Gasteiger partial charge on any atom is 0.159 e. The van der Waals surface area contributed by atoms with Crippen LogP contribution in [0.4, 0.5) is 17.3 Å². The molecule has 0 amide bonds. The standard InChI is InChI=1S/C22H24N4O/c1-16(27)19-10-12-20(13-11-19)26-22-15-21(24-17(2)25-22)23-14-6-9-18-7-4-3-5-8-18/h3-5,7-8,10-13,15H,6,9,14H2,1-2H3,(H2,23,24,25,26). The third-order valence-electron chi connectivity index (χ3n) is 4.19. The molecule has 2 aromatic carbocycles. The number of hydrogen-bond acceptors (Lipinski definition) is 5. The molecule has 0 fully saturated rings. The highest BCUT2D eigenvalue weighted by Crippen LogP contribution is 2.18. The highest BCUT2D eigenvalue weighted by molar-refractivity contribution is 5.94. The number of aromatic nitrogens is 2. The Labute approximate surface area is 159 Å². The van der Waals surface area contributed by atoms with E-state index in [0.29, 0.717) is 11.4 Å². The fourth-order valence-corrected chi connectivity index (χ4v) is 2.81. The van der Waals surface area contributed by atoms with E-state index in [0.717, 1.165) is 36.7 Å². The summed E-state index contributed by atoms with van der Waals surface area (Å²) in [6.07, 6.45) is 2.06. The third-order valence-corrected chi connectivity index (χ3v) is 4.19. The van der Waals surface area contributed by atoms with Crippen LogP contribution < -0.4 is 10.6 Å². The van der Waals surface area contributed by atoms with Crippen molar-refractivity contribution in [2.45, 2.75) is 26.7 Å². The molecule has 2 N–H and O–H groups in total. The van der Waals surface area contributed by atoms with E-state index in [1.165, 1.54) is 5.56 Å². The van der Waals surface area contributed by atoms with Crippen molar-refractivity contribution in [3.05, 3.63) is 77.6 Å².